The number of ether oxygens (including phenoxy) is 1. The fourth-order valence-corrected chi connectivity index (χ4v) is 1.93. The van der Waals surface area contributed by atoms with Crippen molar-refractivity contribution in [1.82, 2.24) is 5.32 Å². The minimum Gasteiger partial charge on any atom is -0.492 e. The molecule has 0 radical (unpaired) electrons. The highest BCUT2D eigenvalue weighted by molar-refractivity contribution is 6.30. The predicted molar refractivity (Wildman–Crippen MR) is 85.1 cm³/mol. The Morgan fingerprint density at radius 2 is 2.05 bits per heavy atom. The number of hydrogen-bond acceptors (Lipinski definition) is 3. The molecule has 0 aliphatic rings. The zero-order chi connectivity index (χ0) is 15.8. The van der Waals surface area contributed by atoms with Crippen LogP contribution in [0.3, 0.4) is 0 Å². The Labute approximate surface area is 133 Å². The average molecular weight is 316 g/mol. The maximum atomic E-state index is 11.7. The topological polar surface area (TPSA) is 74.2 Å². The lowest BCUT2D eigenvalue weighted by Crippen LogP contribution is -2.32. The molecule has 0 atom stereocenters. The molecule has 2 rings (SSSR count). The number of hydrogen-bond donors (Lipinski definition) is 2. The van der Waals surface area contributed by atoms with Crippen LogP contribution >= 0.6 is 11.6 Å². The van der Waals surface area contributed by atoms with E-state index in [-0.39, 0.29) is 0 Å². The van der Waals surface area contributed by atoms with E-state index in [2.05, 4.69) is 10.6 Å². The molecule has 0 spiro atoms. The largest absolute Gasteiger partial charge is 0.492 e. The van der Waals surface area contributed by atoms with Gasteiger partial charge in [0, 0.05) is 5.02 Å². The summed E-state index contributed by atoms with van der Waals surface area (Å²) in [5, 5.41) is 14.8. The lowest BCUT2D eigenvalue weighted by Gasteiger charge is -2.10. The Morgan fingerprint density at radius 3 is 2.82 bits per heavy atom. The first-order valence-corrected chi connectivity index (χ1v) is 6.99. The molecule has 0 unspecified atom stereocenters. The summed E-state index contributed by atoms with van der Waals surface area (Å²) in [4.78, 5) is 11.7. The first-order valence-electron chi connectivity index (χ1n) is 6.61. The number of carbonyl (C=O) groups is 1. The molecule has 0 saturated carbocycles. The molecule has 0 saturated heterocycles. The first kappa shape index (κ1) is 15.7. The lowest BCUT2D eigenvalue weighted by atomic mass is 10.2. The Hall–Kier alpha value is -2.71. The fourth-order valence-electron chi connectivity index (χ4n) is 1.75. The van der Waals surface area contributed by atoms with Crippen molar-refractivity contribution in [3.8, 4) is 11.8 Å². The molecule has 0 aliphatic carbocycles. The van der Waals surface area contributed by atoms with Crippen LogP contribution in [-0.2, 0) is 0 Å². The Morgan fingerprint density at radius 1 is 1.23 bits per heavy atom. The summed E-state index contributed by atoms with van der Waals surface area (Å²) in [5.74, 6) is 0.643. The van der Waals surface area contributed by atoms with Crippen LogP contribution in [0, 0.1) is 11.3 Å². The standard InChI is InChI=1S/C16H14ClN3O2/c17-13-5-3-6-14(10-13)22-9-8-19-16(21)20-15-7-2-1-4-12(15)11-18/h1-7,10H,8-9H2,(H2,19,20,21). The van der Waals surface area contributed by atoms with Gasteiger partial charge in [0.1, 0.15) is 18.4 Å². The van der Waals surface area contributed by atoms with Gasteiger partial charge in [0.05, 0.1) is 17.8 Å². The minimum absolute atomic E-state index is 0.313. The van der Waals surface area contributed by atoms with E-state index in [9.17, 15) is 4.79 Å². The van der Waals surface area contributed by atoms with Gasteiger partial charge in [0.2, 0.25) is 0 Å². The number of nitriles is 1. The summed E-state index contributed by atoms with van der Waals surface area (Å²) in [6.45, 7) is 0.640. The summed E-state index contributed by atoms with van der Waals surface area (Å²) in [5.41, 5.74) is 0.881. The third-order valence-corrected chi connectivity index (χ3v) is 2.98. The van der Waals surface area contributed by atoms with Gasteiger partial charge in [-0.1, -0.05) is 29.8 Å². The summed E-state index contributed by atoms with van der Waals surface area (Å²) >= 11 is 5.84. The second kappa shape index (κ2) is 7.91. The van der Waals surface area contributed by atoms with Crippen LogP contribution in [0.15, 0.2) is 48.5 Å². The molecule has 5 nitrogen and oxygen atoms in total. The van der Waals surface area contributed by atoms with E-state index in [1.54, 1.807) is 48.5 Å². The average Bonchev–Trinajstić information content (AvgIpc) is 2.52. The SMILES string of the molecule is N#Cc1ccccc1NC(=O)NCCOc1cccc(Cl)c1. The monoisotopic (exact) mass is 315 g/mol. The summed E-state index contributed by atoms with van der Waals surface area (Å²) < 4.78 is 5.45. The van der Waals surface area contributed by atoms with Crippen molar-refractivity contribution in [1.29, 1.82) is 5.26 Å². The minimum atomic E-state index is -0.391. The molecule has 112 valence electrons. The second-order valence-corrected chi connectivity index (χ2v) is 4.78. The zero-order valence-corrected chi connectivity index (χ0v) is 12.4. The molecular weight excluding hydrogens is 302 g/mol. The summed E-state index contributed by atoms with van der Waals surface area (Å²) in [6.07, 6.45) is 0. The van der Waals surface area contributed by atoms with Gasteiger partial charge in [-0.25, -0.2) is 4.79 Å². The number of nitrogens with one attached hydrogen (secondary N) is 2. The molecule has 2 aromatic rings. The quantitative estimate of drug-likeness (QED) is 0.830. The van der Waals surface area contributed by atoms with Gasteiger partial charge in [0.25, 0.3) is 0 Å². The van der Waals surface area contributed by atoms with Gasteiger partial charge >= 0.3 is 6.03 Å². The Bertz CT molecular complexity index is 698. The number of carbonyl (C=O) groups excluding carboxylic acids is 1. The van der Waals surface area contributed by atoms with Crippen molar-refractivity contribution < 1.29 is 9.53 Å². The number of amides is 2. The summed E-state index contributed by atoms with van der Waals surface area (Å²) in [7, 11) is 0. The predicted octanol–water partition coefficient (Wildman–Crippen LogP) is 3.41. The fraction of sp³-hybridized carbons (Fsp3) is 0.125. The highest BCUT2D eigenvalue weighted by atomic mass is 35.5. The van der Waals surface area contributed by atoms with Crippen LogP contribution in [0.2, 0.25) is 5.02 Å². The Balaban J connectivity index is 1.75. The maximum Gasteiger partial charge on any atom is 0.319 e. The number of benzene rings is 2. The van der Waals surface area contributed by atoms with Crippen molar-refractivity contribution in [2.24, 2.45) is 0 Å². The molecular formula is C16H14ClN3O2. The van der Waals surface area contributed by atoms with Crippen LogP contribution < -0.4 is 15.4 Å². The number of urea groups is 1. The van der Waals surface area contributed by atoms with E-state index in [0.717, 1.165) is 0 Å². The number of halogens is 1. The highest BCUT2D eigenvalue weighted by Crippen LogP contribution is 2.16. The molecule has 0 aliphatic heterocycles. The first-order chi connectivity index (χ1) is 10.7. The van der Waals surface area contributed by atoms with Crippen LogP contribution in [0.5, 0.6) is 5.75 Å². The second-order valence-electron chi connectivity index (χ2n) is 4.34. The van der Waals surface area contributed by atoms with Gasteiger partial charge < -0.3 is 15.4 Å². The van der Waals surface area contributed by atoms with Gasteiger partial charge in [-0.15, -0.1) is 0 Å². The van der Waals surface area contributed by atoms with Gasteiger partial charge in [-0.05, 0) is 30.3 Å². The summed E-state index contributed by atoms with van der Waals surface area (Å²) in [6, 6.07) is 15.4. The van der Waals surface area contributed by atoms with Gasteiger partial charge in [0.15, 0.2) is 0 Å². The molecule has 0 heterocycles. The van der Waals surface area contributed by atoms with E-state index in [1.165, 1.54) is 0 Å². The van der Waals surface area contributed by atoms with E-state index in [4.69, 9.17) is 21.6 Å². The van der Waals surface area contributed by atoms with E-state index >= 15 is 0 Å². The normalized spacial score (nSPS) is 9.64. The molecule has 2 amide bonds. The molecule has 2 aromatic carbocycles. The van der Waals surface area contributed by atoms with Crippen molar-refractivity contribution >= 4 is 23.3 Å². The molecule has 0 aromatic heterocycles. The van der Waals surface area contributed by atoms with Crippen LogP contribution in [0.4, 0.5) is 10.5 Å². The van der Waals surface area contributed by atoms with Crippen LogP contribution in [0.25, 0.3) is 0 Å². The van der Waals surface area contributed by atoms with Crippen molar-refractivity contribution in [2.75, 3.05) is 18.5 Å². The number of anilines is 1. The van der Waals surface area contributed by atoms with E-state index < -0.39 is 6.03 Å². The third kappa shape index (κ3) is 4.69. The van der Waals surface area contributed by atoms with Gasteiger partial charge in [-0.3, -0.25) is 0 Å². The van der Waals surface area contributed by atoms with E-state index in [0.29, 0.717) is 35.2 Å². The molecule has 6 heteroatoms. The van der Waals surface area contributed by atoms with Crippen LogP contribution in [-0.4, -0.2) is 19.2 Å². The van der Waals surface area contributed by atoms with Crippen molar-refractivity contribution in [3.05, 3.63) is 59.1 Å². The Kier molecular flexibility index (Phi) is 5.64. The number of nitrogens with zero attached hydrogens (tertiary/aromatic N) is 1. The zero-order valence-electron chi connectivity index (χ0n) is 11.7. The van der Waals surface area contributed by atoms with Crippen molar-refractivity contribution in [3.63, 3.8) is 0 Å². The van der Waals surface area contributed by atoms with Crippen molar-refractivity contribution in [2.45, 2.75) is 0 Å². The molecule has 2 N–H and O–H groups in total. The maximum absolute atomic E-state index is 11.7. The number of rotatable bonds is 5. The molecule has 0 fully saturated rings. The smallest absolute Gasteiger partial charge is 0.319 e. The molecule has 22 heavy (non-hydrogen) atoms. The lowest BCUT2D eigenvalue weighted by molar-refractivity contribution is 0.247. The number of para-hydroxylation sites is 1. The van der Waals surface area contributed by atoms with E-state index in [1.807, 2.05) is 6.07 Å². The molecule has 0 bridgehead atoms. The third-order valence-electron chi connectivity index (χ3n) is 2.75. The van der Waals surface area contributed by atoms with Crippen LogP contribution in [0.1, 0.15) is 5.56 Å². The highest BCUT2D eigenvalue weighted by Gasteiger charge is 2.05. The van der Waals surface area contributed by atoms with Gasteiger partial charge in [-0.2, -0.15) is 5.26 Å².